The fraction of sp³-hybridized carbons (Fsp3) is 0.750. The smallest absolute Gasteiger partial charge is 0.180 e. The third-order valence-electron chi connectivity index (χ3n) is 2.45. The largest absolute Gasteiger partial charge is 0.390 e. The van der Waals surface area contributed by atoms with Crippen molar-refractivity contribution in [3.05, 3.63) is 11.9 Å². The maximum Gasteiger partial charge on any atom is 0.180 e. The zero-order chi connectivity index (χ0) is 11.7. The highest BCUT2D eigenvalue weighted by molar-refractivity contribution is 4.92. The van der Waals surface area contributed by atoms with Crippen LogP contribution < -0.4 is 0 Å². The van der Waals surface area contributed by atoms with Crippen molar-refractivity contribution in [3.63, 3.8) is 0 Å². The van der Waals surface area contributed by atoms with Crippen molar-refractivity contribution in [1.29, 1.82) is 0 Å². The molecule has 0 unspecified atom stereocenters. The summed E-state index contributed by atoms with van der Waals surface area (Å²) in [5.41, 5.74) is 0.330. The predicted octanol–water partition coefficient (Wildman–Crippen LogP) is -2.62. The summed E-state index contributed by atoms with van der Waals surface area (Å²) in [5, 5.41) is 44.4. The number of ether oxygens (including phenoxy) is 1. The zero-order valence-corrected chi connectivity index (χ0v) is 8.34. The van der Waals surface area contributed by atoms with Crippen molar-refractivity contribution < 1.29 is 25.2 Å². The lowest BCUT2D eigenvalue weighted by atomic mass is 10.0. The summed E-state index contributed by atoms with van der Waals surface area (Å²) < 4.78 is 6.34. The van der Waals surface area contributed by atoms with Crippen LogP contribution in [0.25, 0.3) is 0 Å². The van der Waals surface area contributed by atoms with Gasteiger partial charge in [-0.3, -0.25) is 0 Å². The first-order valence-corrected chi connectivity index (χ1v) is 4.81. The first kappa shape index (κ1) is 11.4. The highest BCUT2D eigenvalue weighted by Gasteiger charge is 2.39. The molecule has 90 valence electrons. The minimum absolute atomic E-state index is 0.1000. The van der Waals surface area contributed by atoms with Crippen LogP contribution in [0.5, 0.6) is 0 Å². The molecule has 4 N–H and O–H groups in total. The third kappa shape index (κ3) is 1.93. The number of hydrogen-bond donors (Lipinski definition) is 4. The summed E-state index contributed by atoms with van der Waals surface area (Å²) in [6.07, 6.45) is -3.21. The average molecular weight is 231 g/mol. The highest BCUT2D eigenvalue weighted by atomic mass is 16.5. The molecule has 8 nitrogen and oxygen atoms in total. The molecule has 1 aliphatic rings. The molecule has 1 aromatic rings. The van der Waals surface area contributed by atoms with Crippen LogP contribution in [0.2, 0.25) is 0 Å². The van der Waals surface area contributed by atoms with Crippen LogP contribution in [-0.4, -0.2) is 60.3 Å². The van der Waals surface area contributed by atoms with Crippen molar-refractivity contribution in [2.45, 2.75) is 31.1 Å². The lowest BCUT2D eigenvalue weighted by molar-refractivity contribution is -0.214. The van der Waals surface area contributed by atoms with Gasteiger partial charge in [0, 0.05) is 0 Å². The quantitative estimate of drug-likeness (QED) is 0.439. The van der Waals surface area contributed by atoms with Crippen molar-refractivity contribution >= 4 is 0 Å². The summed E-state index contributed by atoms with van der Waals surface area (Å²) in [4.78, 5) is 0. The van der Waals surface area contributed by atoms with Gasteiger partial charge < -0.3 is 25.2 Å². The molecule has 0 radical (unpaired) electrons. The predicted molar refractivity (Wildman–Crippen MR) is 49.0 cm³/mol. The molecule has 0 aliphatic carbocycles. The Balaban J connectivity index is 2.15. The monoisotopic (exact) mass is 231 g/mol. The van der Waals surface area contributed by atoms with Crippen LogP contribution in [0, 0.1) is 0 Å². The Morgan fingerprint density at radius 3 is 2.75 bits per heavy atom. The Kier molecular flexibility index (Phi) is 3.17. The van der Waals surface area contributed by atoms with E-state index in [-0.39, 0.29) is 13.2 Å². The molecule has 0 aromatic carbocycles. The fourth-order valence-electron chi connectivity index (χ4n) is 1.53. The summed E-state index contributed by atoms with van der Waals surface area (Å²) in [7, 11) is 0. The maximum atomic E-state index is 9.66. The van der Waals surface area contributed by atoms with Gasteiger partial charge in [0.05, 0.1) is 19.4 Å². The van der Waals surface area contributed by atoms with Crippen LogP contribution in [0.3, 0.4) is 0 Å². The average Bonchev–Trinajstić information content (AvgIpc) is 2.74. The molecule has 16 heavy (non-hydrogen) atoms. The van der Waals surface area contributed by atoms with Crippen LogP contribution in [0.15, 0.2) is 6.20 Å². The minimum Gasteiger partial charge on any atom is -0.390 e. The molecule has 8 heteroatoms. The van der Waals surface area contributed by atoms with Crippen LogP contribution in [0.1, 0.15) is 11.9 Å². The summed E-state index contributed by atoms with van der Waals surface area (Å²) in [6, 6.07) is 0. The fourth-order valence-corrected chi connectivity index (χ4v) is 1.53. The first-order valence-electron chi connectivity index (χ1n) is 4.81. The molecule has 4 atom stereocenters. The molecule has 2 heterocycles. The molecule has 2 rings (SSSR count). The number of aliphatic hydroxyl groups excluding tert-OH is 4. The van der Waals surface area contributed by atoms with E-state index in [2.05, 4.69) is 10.3 Å². The van der Waals surface area contributed by atoms with Crippen LogP contribution in [0.4, 0.5) is 0 Å². The maximum absolute atomic E-state index is 9.66. The molecule has 1 aromatic heterocycles. The van der Waals surface area contributed by atoms with E-state index in [9.17, 15) is 15.3 Å². The van der Waals surface area contributed by atoms with E-state index in [4.69, 9.17) is 9.84 Å². The molecule has 1 aliphatic heterocycles. The van der Waals surface area contributed by atoms with Crippen molar-refractivity contribution in [2.24, 2.45) is 0 Å². The molecular formula is C8H13N3O5. The van der Waals surface area contributed by atoms with Crippen molar-refractivity contribution in [2.75, 3.05) is 6.61 Å². The van der Waals surface area contributed by atoms with E-state index in [0.717, 1.165) is 0 Å². The first-order chi connectivity index (χ1) is 7.63. The molecule has 0 bridgehead atoms. The Morgan fingerprint density at radius 1 is 1.38 bits per heavy atom. The van der Waals surface area contributed by atoms with Crippen LogP contribution >= 0.6 is 0 Å². The molecular weight excluding hydrogens is 218 g/mol. The van der Waals surface area contributed by atoms with E-state index in [1.165, 1.54) is 10.9 Å². The van der Waals surface area contributed by atoms with E-state index < -0.39 is 24.5 Å². The number of rotatable bonds is 2. The van der Waals surface area contributed by atoms with Gasteiger partial charge in [0.2, 0.25) is 0 Å². The second-order valence-corrected chi connectivity index (χ2v) is 3.62. The van der Waals surface area contributed by atoms with Gasteiger partial charge in [-0.05, 0) is 0 Å². The lowest BCUT2D eigenvalue weighted by Gasteiger charge is -2.34. The molecule has 0 spiro atoms. The van der Waals surface area contributed by atoms with Gasteiger partial charge in [-0.2, -0.15) is 0 Å². The topological polar surface area (TPSA) is 121 Å². The van der Waals surface area contributed by atoms with Gasteiger partial charge in [-0.1, -0.05) is 5.21 Å². The standard InChI is InChI=1S/C8H13N3O5/c12-2-4-1-11(10-9-4)8-7(15)6(14)5(13)3-16-8/h1,5-8,12-15H,2-3H2/t5-,6+,7-,8-/m1/s1. The van der Waals surface area contributed by atoms with E-state index >= 15 is 0 Å². The van der Waals surface area contributed by atoms with E-state index in [0.29, 0.717) is 5.69 Å². The Labute approximate surface area is 90.7 Å². The van der Waals surface area contributed by atoms with Gasteiger partial charge in [-0.15, -0.1) is 5.10 Å². The van der Waals surface area contributed by atoms with Gasteiger partial charge in [0.25, 0.3) is 0 Å². The summed E-state index contributed by atoms with van der Waals surface area (Å²) in [6.45, 7) is -0.370. The number of aliphatic hydroxyl groups is 4. The molecule has 0 saturated carbocycles. The SMILES string of the molecule is OCc1cn([C@@H]2OC[C@@H](O)[C@H](O)[C@H]2O)nn1. The van der Waals surface area contributed by atoms with Gasteiger partial charge >= 0.3 is 0 Å². The second-order valence-electron chi connectivity index (χ2n) is 3.62. The van der Waals surface area contributed by atoms with Crippen molar-refractivity contribution in [1.82, 2.24) is 15.0 Å². The Morgan fingerprint density at radius 2 is 2.12 bits per heavy atom. The minimum atomic E-state index is -1.29. The molecule has 1 saturated heterocycles. The van der Waals surface area contributed by atoms with E-state index in [1.807, 2.05) is 0 Å². The van der Waals surface area contributed by atoms with Gasteiger partial charge in [-0.25, -0.2) is 4.68 Å². The zero-order valence-electron chi connectivity index (χ0n) is 8.34. The normalized spacial score (nSPS) is 35.2. The van der Waals surface area contributed by atoms with E-state index in [1.54, 1.807) is 0 Å². The number of nitrogens with zero attached hydrogens (tertiary/aromatic N) is 3. The Hall–Kier alpha value is -1.06. The van der Waals surface area contributed by atoms with Gasteiger partial charge in [0.1, 0.15) is 24.0 Å². The second kappa shape index (κ2) is 4.44. The lowest BCUT2D eigenvalue weighted by Crippen LogP contribution is -2.50. The van der Waals surface area contributed by atoms with Crippen molar-refractivity contribution in [3.8, 4) is 0 Å². The van der Waals surface area contributed by atoms with Gasteiger partial charge in [0.15, 0.2) is 6.23 Å². The Bertz CT molecular complexity index is 357. The summed E-state index contributed by atoms with van der Waals surface area (Å²) in [5.74, 6) is 0. The molecule has 0 amide bonds. The summed E-state index contributed by atoms with van der Waals surface area (Å²) >= 11 is 0. The number of hydrogen-bond acceptors (Lipinski definition) is 7. The molecule has 1 fully saturated rings. The third-order valence-corrected chi connectivity index (χ3v) is 2.45. The highest BCUT2D eigenvalue weighted by Crippen LogP contribution is 2.23. The number of aromatic nitrogens is 3. The van der Waals surface area contributed by atoms with Crippen LogP contribution in [-0.2, 0) is 11.3 Å².